The Hall–Kier alpha value is -1.22. The molecular formula is C19H34IN3O3. The van der Waals surface area contributed by atoms with E-state index in [0.717, 1.165) is 43.6 Å². The number of hydrogen-bond acceptors (Lipinski definition) is 4. The van der Waals surface area contributed by atoms with E-state index in [2.05, 4.69) is 29.5 Å². The molecule has 2 N–H and O–H groups in total. The van der Waals surface area contributed by atoms with Gasteiger partial charge in [-0.1, -0.05) is 13.8 Å². The van der Waals surface area contributed by atoms with Gasteiger partial charge in [-0.25, -0.2) is 0 Å². The van der Waals surface area contributed by atoms with Crippen molar-refractivity contribution in [1.29, 1.82) is 0 Å². The van der Waals surface area contributed by atoms with Gasteiger partial charge in [-0.3, -0.25) is 4.99 Å². The zero-order valence-corrected chi connectivity index (χ0v) is 18.9. The van der Waals surface area contributed by atoms with Gasteiger partial charge in [0.25, 0.3) is 0 Å². The average molecular weight is 479 g/mol. The van der Waals surface area contributed by atoms with E-state index in [1.54, 1.807) is 14.2 Å². The molecule has 0 aromatic heterocycles. The average Bonchev–Trinajstić information content (AvgIpc) is 2.60. The Morgan fingerprint density at radius 2 is 1.73 bits per heavy atom. The first kappa shape index (κ1) is 24.8. The highest BCUT2D eigenvalue weighted by atomic mass is 127. The Kier molecular flexibility index (Phi) is 14.2. The van der Waals surface area contributed by atoms with Gasteiger partial charge in [0, 0.05) is 26.8 Å². The predicted molar refractivity (Wildman–Crippen MR) is 118 cm³/mol. The van der Waals surface area contributed by atoms with Gasteiger partial charge >= 0.3 is 0 Å². The second-order valence-electron chi connectivity index (χ2n) is 6.31. The molecular weight excluding hydrogens is 445 g/mol. The Bertz CT molecular complexity index is 495. The van der Waals surface area contributed by atoms with E-state index in [1.807, 2.05) is 31.2 Å². The van der Waals surface area contributed by atoms with Crippen molar-refractivity contribution in [3.8, 4) is 11.5 Å². The summed E-state index contributed by atoms with van der Waals surface area (Å²) in [7, 11) is 3.41. The summed E-state index contributed by atoms with van der Waals surface area (Å²) in [5.74, 6) is 2.99. The highest BCUT2D eigenvalue weighted by Crippen LogP contribution is 2.17. The molecule has 1 rings (SSSR count). The van der Waals surface area contributed by atoms with Crippen molar-refractivity contribution >= 4 is 29.9 Å². The zero-order chi connectivity index (χ0) is 18.5. The van der Waals surface area contributed by atoms with Crippen LogP contribution in [0.4, 0.5) is 0 Å². The third kappa shape index (κ3) is 11.4. The molecule has 0 aliphatic heterocycles. The van der Waals surface area contributed by atoms with E-state index in [-0.39, 0.29) is 30.1 Å². The summed E-state index contributed by atoms with van der Waals surface area (Å²) in [6.45, 7) is 9.38. The van der Waals surface area contributed by atoms with Crippen molar-refractivity contribution in [1.82, 2.24) is 10.6 Å². The van der Waals surface area contributed by atoms with E-state index in [4.69, 9.17) is 14.2 Å². The summed E-state index contributed by atoms with van der Waals surface area (Å²) in [6, 6.07) is 7.58. The van der Waals surface area contributed by atoms with Crippen molar-refractivity contribution in [3.05, 3.63) is 24.3 Å². The van der Waals surface area contributed by atoms with Gasteiger partial charge in [0.05, 0.1) is 13.7 Å². The van der Waals surface area contributed by atoms with Crippen LogP contribution < -0.4 is 20.1 Å². The van der Waals surface area contributed by atoms with E-state index in [1.165, 1.54) is 0 Å². The first-order chi connectivity index (χ1) is 12.0. The molecule has 1 atom stereocenters. The van der Waals surface area contributed by atoms with Crippen LogP contribution in [0.5, 0.6) is 11.5 Å². The lowest BCUT2D eigenvalue weighted by Crippen LogP contribution is -2.42. The quantitative estimate of drug-likeness (QED) is 0.221. The maximum Gasteiger partial charge on any atom is 0.191 e. The molecule has 150 valence electrons. The normalized spacial score (nSPS) is 12.3. The smallest absolute Gasteiger partial charge is 0.191 e. The number of ether oxygens (including phenoxy) is 3. The molecule has 6 nitrogen and oxygen atoms in total. The van der Waals surface area contributed by atoms with Gasteiger partial charge in [-0.2, -0.15) is 0 Å². The summed E-state index contributed by atoms with van der Waals surface area (Å²) in [4.78, 5) is 4.22. The van der Waals surface area contributed by atoms with E-state index < -0.39 is 0 Å². The number of halogens is 1. The molecule has 7 heteroatoms. The number of aliphatic imine (C=N–C) groups is 1. The number of benzene rings is 1. The monoisotopic (exact) mass is 479 g/mol. The highest BCUT2D eigenvalue weighted by molar-refractivity contribution is 14.0. The summed E-state index contributed by atoms with van der Waals surface area (Å²) >= 11 is 0. The van der Waals surface area contributed by atoms with Crippen molar-refractivity contribution in [2.24, 2.45) is 10.9 Å². The summed E-state index contributed by atoms with van der Waals surface area (Å²) < 4.78 is 16.6. The van der Waals surface area contributed by atoms with Crippen molar-refractivity contribution in [3.63, 3.8) is 0 Å². The minimum absolute atomic E-state index is 0. The molecule has 0 aliphatic rings. The number of hydrogen-bond donors (Lipinski definition) is 2. The molecule has 0 spiro atoms. The molecule has 0 fully saturated rings. The largest absolute Gasteiger partial charge is 0.497 e. The van der Waals surface area contributed by atoms with Crippen LogP contribution in [0.1, 0.15) is 27.2 Å². The fourth-order valence-corrected chi connectivity index (χ4v) is 2.09. The number of methoxy groups -OCH3 is 1. The maximum atomic E-state index is 5.87. The van der Waals surface area contributed by atoms with Crippen molar-refractivity contribution in [2.75, 3.05) is 40.5 Å². The Morgan fingerprint density at radius 3 is 2.31 bits per heavy atom. The minimum Gasteiger partial charge on any atom is -0.497 e. The lowest BCUT2D eigenvalue weighted by Gasteiger charge is -2.18. The SMILES string of the molecule is CN=C(NCCCOCC(C)C)NCC(C)Oc1ccc(OC)cc1.I. The summed E-state index contributed by atoms with van der Waals surface area (Å²) in [5.41, 5.74) is 0. The number of nitrogens with one attached hydrogen (secondary N) is 2. The number of rotatable bonds is 11. The van der Waals surface area contributed by atoms with Gasteiger partial charge < -0.3 is 24.8 Å². The molecule has 0 saturated heterocycles. The fourth-order valence-electron chi connectivity index (χ4n) is 2.09. The molecule has 0 heterocycles. The summed E-state index contributed by atoms with van der Waals surface area (Å²) in [5, 5.41) is 6.55. The molecule has 26 heavy (non-hydrogen) atoms. The van der Waals surface area contributed by atoms with E-state index in [9.17, 15) is 0 Å². The highest BCUT2D eigenvalue weighted by Gasteiger charge is 2.06. The molecule has 0 aliphatic carbocycles. The van der Waals surface area contributed by atoms with Gasteiger partial charge in [0.1, 0.15) is 17.6 Å². The van der Waals surface area contributed by atoms with Crippen LogP contribution in [0, 0.1) is 5.92 Å². The van der Waals surface area contributed by atoms with Crippen LogP contribution in [0.15, 0.2) is 29.3 Å². The lowest BCUT2D eigenvalue weighted by molar-refractivity contribution is 0.108. The standard InChI is InChI=1S/C19H33N3O3.HI/c1-15(2)14-24-12-6-11-21-19(20-4)22-13-16(3)25-18-9-7-17(23-5)8-10-18;/h7-10,15-16H,6,11-14H2,1-5H3,(H2,20,21,22);1H. The van der Waals surface area contributed by atoms with Crippen LogP contribution in [-0.2, 0) is 4.74 Å². The third-order valence-electron chi connectivity index (χ3n) is 3.39. The van der Waals surface area contributed by atoms with Gasteiger partial charge in [-0.15, -0.1) is 24.0 Å². The minimum atomic E-state index is 0. The predicted octanol–water partition coefficient (Wildman–Crippen LogP) is 3.31. The number of nitrogens with zero attached hydrogens (tertiary/aromatic N) is 1. The third-order valence-corrected chi connectivity index (χ3v) is 3.39. The molecule has 0 amide bonds. The molecule has 1 aromatic carbocycles. The molecule has 0 saturated carbocycles. The summed E-state index contributed by atoms with van der Waals surface area (Å²) in [6.07, 6.45) is 0.965. The van der Waals surface area contributed by atoms with Gasteiger partial charge in [-0.05, 0) is 43.5 Å². The van der Waals surface area contributed by atoms with Crippen molar-refractivity contribution in [2.45, 2.75) is 33.3 Å². The van der Waals surface area contributed by atoms with Crippen LogP contribution in [0.25, 0.3) is 0 Å². The molecule has 1 unspecified atom stereocenters. The van der Waals surface area contributed by atoms with Crippen LogP contribution in [0.2, 0.25) is 0 Å². The first-order valence-electron chi connectivity index (χ1n) is 8.88. The molecule has 0 bridgehead atoms. The fraction of sp³-hybridized carbons (Fsp3) is 0.632. The topological polar surface area (TPSA) is 64.1 Å². The van der Waals surface area contributed by atoms with Crippen LogP contribution in [-0.4, -0.2) is 52.5 Å². The zero-order valence-electron chi connectivity index (χ0n) is 16.6. The second-order valence-corrected chi connectivity index (χ2v) is 6.31. The second kappa shape index (κ2) is 14.9. The first-order valence-corrected chi connectivity index (χ1v) is 8.88. The van der Waals surface area contributed by atoms with Crippen LogP contribution in [0.3, 0.4) is 0 Å². The van der Waals surface area contributed by atoms with Crippen LogP contribution >= 0.6 is 24.0 Å². The van der Waals surface area contributed by atoms with E-state index >= 15 is 0 Å². The molecule has 0 radical (unpaired) electrons. The maximum absolute atomic E-state index is 5.87. The van der Waals surface area contributed by atoms with E-state index in [0.29, 0.717) is 12.5 Å². The van der Waals surface area contributed by atoms with Crippen molar-refractivity contribution < 1.29 is 14.2 Å². The molecule has 1 aromatic rings. The Morgan fingerprint density at radius 1 is 1.08 bits per heavy atom. The Labute approximate surface area is 175 Å². The van der Waals surface area contributed by atoms with Gasteiger partial charge in [0.15, 0.2) is 5.96 Å². The Balaban J connectivity index is 0.00000625. The number of guanidine groups is 1. The van der Waals surface area contributed by atoms with Gasteiger partial charge in [0.2, 0.25) is 0 Å². The lowest BCUT2D eigenvalue weighted by atomic mass is 10.2.